The molecule has 0 bridgehead atoms. The third-order valence-corrected chi connectivity index (χ3v) is 6.73. The molecule has 0 aliphatic carbocycles. The highest BCUT2D eigenvalue weighted by Gasteiger charge is 2.33. The summed E-state index contributed by atoms with van der Waals surface area (Å²) in [5, 5.41) is -0.0504. The summed E-state index contributed by atoms with van der Waals surface area (Å²) in [5.74, 6) is 0.0787. The molecule has 3 N–H and O–H groups in total. The highest BCUT2D eigenvalue weighted by molar-refractivity contribution is 7.94. The van der Waals surface area contributed by atoms with Crippen LogP contribution < -0.4 is 5.73 Å². The summed E-state index contributed by atoms with van der Waals surface area (Å²) in [6, 6.07) is 5.18. The molecule has 19 heavy (non-hydrogen) atoms. The Labute approximate surface area is 112 Å². The van der Waals surface area contributed by atoms with Crippen molar-refractivity contribution in [3.63, 3.8) is 0 Å². The molecule has 1 aromatic carbocycles. The summed E-state index contributed by atoms with van der Waals surface area (Å²) in [5.41, 5.74) is 7.65. The summed E-state index contributed by atoms with van der Waals surface area (Å²) in [6.07, 6.45) is 0.425. The maximum absolute atomic E-state index is 12.3. The van der Waals surface area contributed by atoms with Gasteiger partial charge in [-0.05, 0) is 24.6 Å². The van der Waals surface area contributed by atoms with E-state index < -0.39 is 20.6 Å². The highest BCUT2D eigenvalue weighted by atomic mass is 32.2. The average molecular weight is 299 g/mol. The zero-order valence-corrected chi connectivity index (χ0v) is 11.6. The average Bonchev–Trinajstić information content (AvgIpc) is 2.90. The van der Waals surface area contributed by atoms with Crippen molar-refractivity contribution in [3.05, 3.63) is 18.2 Å². The van der Waals surface area contributed by atoms with Gasteiger partial charge in [0.15, 0.2) is 15.0 Å². The van der Waals surface area contributed by atoms with Gasteiger partial charge < -0.3 is 10.7 Å². The molecule has 102 valence electrons. The Morgan fingerprint density at radius 1 is 1.42 bits per heavy atom. The van der Waals surface area contributed by atoms with Gasteiger partial charge in [0.1, 0.15) is 0 Å². The lowest BCUT2D eigenvalue weighted by molar-refractivity contribution is 0.602. The lowest BCUT2D eigenvalue weighted by atomic mass is 10.3. The van der Waals surface area contributed by atoms with Crippen LogP contribution in [0.1, 0.15) is 6.42 Å². The number of anilines is 1. The molecule has 1 aromatic heterocycles. The molecular weight excluding hydrogens is 286 g/mol. The van der Waals surface area contributed by atoms with Gasteiger partial charge in [0.25, 0.3) is 0 Å². The van der Waals surface area contributed by atoms with E-state index in [0.29, 0.717) is 28.3 Å². The van der Waals surface area contributed by atoms with Crippen molar-refractivity contribution in [1.82, 2.24) is 9.97 Å². The van der Waals surface area contributed by atoms with Crippen molar-refractivity contribution in [1.29, 1.82) is 0 Å². The second-order valence-electron chi connectivity index (χ2n) is 4.64. The van der Waals surface area contributed by atoms with Crippen LogP contribution in [-0.2, 0) is 20.6 Å². The van der Waals surface area contributed by atoms with Gasteiger partial charge in [-0.15, -0.1) is 0 Å². The molecular formula is C11H13N3O3S2. The van der Waals surface area contributed by atoms with Gasteiger partial charge in [-0.3, -0.25) is 4.21 Å². The first-order valence-corrected chi connectivity index (χ1v) is 8.84. The van der Waals surface area contributed by atoms with E-state index in [2.05, 4.69) is 9.97 Å². The Bertz CT molecular complexity index is 767. The lowest BCUT2D eigenvalue weighted by Crippen LogP contribution is -2.17. The van der Waals surface area contributed by atoms with Crippen LogP contribution in [0.5, 0.6) is 0 Å². The molecule has 2 heterocycles. The number of nitrogens with two attached hydrogens (primary N) is 1. The predicted octanol–water partition coefficient (Wildman–Crippen LogP) is 0.440. The van der Waals surface area contributed by atoms with E-state index in [0.717, 1.165) is 0 Å². The molecule has 1 fully saturated rings. The molecule has 0 amide bonds. The van der Waals surface area contributed by atoms with E-state index >= 15 is 0 Å². The van der Waals surface area contributed by atoms with Gasteiger partial charge in [0.2, 0.25) is 0 Å². The SMILES string of the molecule is Nc1ccc2nc(S(=O)C3CCS(=O)(=O)C3)[nH]c2c1. The molecule has 0 radical (unpaired) electrons. The monoisotopic (exact) mass is 299 g/mol. The zero-order chi connectivity index (χ0) is 13.6. The molecule has 3 rings (SSSR count). The fourth-order valence-corrected chi connectivity index (χ4v) is 6.04. The number of nitrogens with one attached hydrogen (secondary N) is 1. The number of aromatic nitrogens is 2. The Morgan fingerprint density at radius 2 is 2.21 bits per heavy atom. The Kier molecular flexibility index (Phi) is 2.86. The van der Waals surface area contributed by atoms with E-state index in [1.54, 1.807) is 18.2 Å². The van der Waals surface area contributed by atoms with Crippen LogP contribution in [0.2, 0.25) is 0 Å². The fourth-order valence-electron chi connectivity index (χ4n) is 2.19. The summed E-state index contributed by atoms with van der Waals surface area (Å²) < 4.78 is 35.1. The number of nitrogen functional groups attached to an aromatic ring is 1. The first-order chi connectivity index (χ1) is 8.94. The number of H-pyrrole nitrogens is 1. The molecule has 0 spiro atoms. The summed E-state index contributed by atoms with van der Waals surface area (Å²) in [4.78, 5) is 7.19. The minimum atomic E-state index is -3.04. The van der Waals surface area contributed by atoms with E-state index in [1.165, 1.54) is 0 Å². The maximum Gasteiger partial charge on any atom is 0.197 e. The zero-order valence-electron chi connectivity index (χ0n) is 10.00. The van der Waals surface area contributed by atoms with Crippen molar-refractivity contribution in [3.8, 4) is 0 Å². The molecule has 2 aromatic rings. The van der Waals surface area contributed by atoms with Crippen LogP contribution in [0.25, 0.3) is 11.0 Å². The van der Waals surface area contributed by atoms with E-state index in [1.807, 2.05) is 0 Å². The first kappa shape index (κ1) is 12.6. The van der Waals surface area contributed by atoms with Gasteiger partial charge in [-0.1, -0.05) is 0 Å². The van der Waals surface area contributed by atoms with Crippen LogP contribution in [0, 0.1) is 0 Å². The van der Waals surface area contributed by atoms with Gasteiger partial charge in [-0.2, -0.15) is 0 Å². The molecule has 1 aliphatic rings. The quantitative estimate of drug-likeness (QED) is 0.783. The molecule has 1 saturated heterocycles. The number of hydrogen-bond donors (Lipinski definition) is 2. The highest BCUT2D eigenvalue weighted by Crippen LogP contribution is 2.23. The van der Waals surface area contributed by atoms with Crippen molar-refractivity contribution in [2.45, 2.75) is 16.8 Å². The van der Waals surface area contributed by atoms with E-state index in [4.69, 9.17) is 5.73 Å². The smallest absolute Gasteiger partial charge is 0.197 e. The molecule has 0 saturated carbocycles. The van der Waals surface area contributed by atoms with Gasteiger partial charge in [-0.25, -0.2) is 13.4 Å². The van der Waals surface area contributed by atoms with Crippen LogP contribution in [0.15, 0.2) is 23.4 Å². The summed E-state index contributed by atoms with van der Waals surface area (Å²) in [7, 11) is -4.47. The second-order valence-corrected chi connectivity index (χ2v) is 8.52. The number of nitrogens with zero attached hydrogens (tertiary/aromatic N) is 1. The van der Waals surface area contributed by atoms with Crippen molar-refractivity contribution < 1.29 is 12.6 Å². The lowest BCUT2D eigenvalue weighted by Gasteiger charge is -2.03. The van der Waals surface area contributed by atoms with Gasteiger partial charge in [0, 0.05) is 5.69 Å². The molecule has 2 atom stereocenters. The van der Waals surface area contributed by atoms with Crippen molar-refractivity contribution >= 4 is 37.4 Å². The number of sulfone groups is 1. The maximum atomic E-state index is 12.3. The standard InChI is InChI=1S/C11H13N3O3S2/c12-7-1-2-9-10(5-7)14-11(13-9)18(15)8-3-4-19(16,17)6-8/h1-2,5,8H,3-4,6,12H2,(H,13,14). The van der Waals surface area contributed by atoms with Crippen molar-refractivity contribution in [2.75, 3.05) is 17.2 Å². The van der Waals surface area contributed by atoms with Crippen LogP contribution in [0.3, 0.4) is 0 Å². The van der Waals surface area contributed by atoms with Crippen LogP contribution in [0.4, 0.5) is 5.69 Å². The van der Waals surface area contributed by atoms with Gasteiger partial charge >= 0.3 is 0 Å². The van der Waals surface area contributed by atoms with Gasteiger partial charge in [0.05, 0.1) is 38.6 Å². The molecule has 8 heteroatoms. The summed E-state index contributed by atoms with van der Waals surface area (Å²) >= 11 is 0. The topological polar surface area (TPSA) is 106 Å². The van der Waals surface area contributed by atoms with Crippen LogP contribution in [-0.4, -0.2) is 39.4 Å². The van der Waals surface area contributed by atoms with Crippen LogP contribution >= 0.6 is 0 Å². The summed E-state index contributed by atoms with van der Waals surface area (Å²) in [6.45, 7) is 0. The number of hydrogen-bond acceptors (Lipinski definition) is 5. The van der Waals surface area contributed by atoms with Crippen molar-refractivity contribution in [2.24, 2.45) is 0 Å². The molecule has 1 aliphatic heterocycles. The first-order valence-electron chi connectivity index (χ1n) is 5.81. The third-order valence-electron chi connectivity index (χ3n) is 3.17. The third kappa shape index (κ3) is 2.37. The minimum absolute atomic E-state index is 0.0290. The predicted molar refractivity (Wildman–Crippen MR) is 74.0 cm³/mol. The Balaban J connectivity index is 1.94. The second kappa shape index (κ2) is 4.31. The molecule has 6 nitrogen and oxygen atoms in total. The fraction of sp³-hybridized carbons (Fsp3) is 0.364. The number of aromatic amines is 1. The Morgan fingerprint density at radius 3 is 2.89 bits per heavy atom. The molecule has 2 unspecified atom stereocenters. The largest absolute Gasteiger partial charge is 0.399 e. The number of fused-ring (bicyclic) bond motifs is 1. The normalized spacial score (nSPS) is 23.7. The number of imidazole rings is 1. The minimum Gasteiger partial charge on any atom is -0.399 e. The number of benzene rings is 1. The number of rotatable bonds is 2. The Hall–Kier alpha value is -1.41. The van der Waals surface area contributed by atoms with E-state index in [-0.39, 0.29) is 16.8 Å². The van der Waals surface area contributed by atoms with E-state index in [9.17, 15) is 12.6 Å².